The van der Waals surface area contributed by atoms with Crippen LogP contribution in [0.2, 0.25) is 0 Å². The number of nitrogens with zero attached hydrogens (tertiary/aromatic N) is 4. The van der Waals surface area contributed by atoms with E-state index >= 15 is 0 Å². The van der Waals surface area contributed by atoms with Crippen LogP contribution in [0, 0.1) is 6.92 Å². The number of thioether (sulfide) groups is 1. The summed E-state index contributed by atoms with van der Waals surface area (Å²) in [6.45, 7) is 3.35. The molecule has 5 rings (SSSR count). The van der Waals surface area contributed by atoms with Gasteiger partial charge >= 0.3 is 0 Å². The zero-order chi connectivity index (χ0) is 22.8. The van der Waals surface area contributed by atoms with Gasteiger partial charge in [0.15, 0.2) is 11.0 Å². The Morgan fingerprint density at radius 1 is 1.30 bits per heavy atom. The highest BCUT2D eigenvalue weighted by atomic mass is 32.2. The average molecular weight is 481 g/mol. The van der Waals surface area contributed by atoms with Gasteiger partial charge in [0.1, 0.15) is 4.83 Å². The molecule has 0 saturated carbocycles. The number of nitrogen functional groups attached to an aromatic ring is 1. The minimum absolute atomic E-state index is 0.0897. The van der Waals surface area contributed by atoms with Crippen LogP contribution in [0.5, 0.6) is 0 Å². The van der Waals surface area contributed by atoms with Crippen molar-refractivity contribution >= 4 is 50.6 Å². The van der Waals surface area contributed by atoms with Gasteiger partial charge in [-0.1, -0.05) is 30.0 Å². The first kappa shape index (κ1) is 21.9. The summed E-state index contributed by atoms with van der Waals surface area (Å²) in [7, 11) is 0. The van der Waals surface area contributed by atoms with Gasteiger partial charge in [0.05, 0.1) is 29.0 Å². The van der Waals surface area contributed by atoms with E-state index in [0.29, 0.717) is 23.2 Å². The van der Waals surface area contributed by atoms with Gasteiger partial charge in [0, 0.05) is 23.9 Å². The summed E-state index contributed by atoms with van der Waals surface area (Å²) >= 11 is 2.86. The molecule has 0 bridgehead atoms. The number of aryl methyl sites for hydroxylation is 1. The lowest BCUT2D eigenvalue weighted by atomic mass is 10.2. The molecular weight excluding hydrogens is 456 g/mol. The summed E-state index contributed by atoms with van der Waals surface area (Å²) in [5, 5.41) is 13.4. The number of nitrogens with two attached hydrogens (primary N) is 1. The molecule has 1 amide bonds. The van der Waals surface area contributed by atoms with E-state index in [9.17, 15) is 4.79 Å². The van der Waals surface area contributed by atoms with Crippen molar-refractivity contribution in [3.8, 4) is 10.7 Å². The maximum absolute atomic E-state index is 12.6. The molecule has 4 aromatic rings. The van der Waals surface area contributed by atoms with Gasteiger partial charge in [-0.05, 0) is 43.5 Å². The number of hydrogen-bond acceptors (Lipinski definition) is 8. The van der Waals surface area contributed by atoms with Crippen LogP contribution in [0.4, 0.5) is 11.4 Å². The fraction of sp³-hybridized carbons (Fsp3) is 0.304. The number of fused-ring (bicyclic) bond motifs is 1. The number of aromatic nitrogens is 4. The molecule has 0 radical (unpaired) electrons. The van der Waals surface area contributed by atoms with Crippen molar-refractivity contribution in [2.45, 2.75) is 37.6 Å². The predicted octanol–water partition coefficient (Wildman–Crippen LogP) is 4.36. The highest BCUT2D eigenvalue weighted by Crippen LogP contribution is 2.40. The number of rotatable bonds is 7. The fourth-order valence-corrected chi connectivity index (χ4v) is 5.67. The van der Waals surface area contributed by atoms with Gasteiger partial charge in [-0.15, -0.1) is 21.5 Å². The van der Waals surface area contributed by atoms with Crippen LogP contribution in [0.25, 0.3) is 20.9 Å². The van der Waals surface area contributed by atoms with Gasteiger partial charge in [-0.2, -0.15) is 0 Å². The van der Waals surface area contributed by atoms with Crippen molar-refractivity contribution in [1.82, 2.24) is 19.7 Å². The minimum Gasteiger partial charge on any atom is -0.397 e. The second-order valence-corrected chi connectivity index (χ2v) is 9.85. The van der Waals surface area contributed by atoms with E-state index < -0.39 is 0 Å². The zero-order valence-corrected chi connectivity index (χ0v) is 19.8. The van der Waals surface area contributed by atoms with Gasteiger partial charge in [-0.3, -0.25) is 9.36 Å². The van der Waals surface area contributed by atoms with Crippen molar-refractivity contribution < 1.29 is 9.53 Å². The number of thiophene rings is 1. The Bertz CT molecular complexity index is 1300. The Kier molecular flexibility index (Phi) is 6.30. The summed E-state index contributed by atoms with van der Waals surface area (Å²) in [6, 6.07) is 11.6. The number of anilines is 2. The van der Waals surface area contributed by atoms with Gasteiger partial charge in [-0.25, -0.2) is 4.98 Å². The van der Waals surface area contributed by atoms with Gasteiger partial charge < -0.3 is 15.8 Å². The van der Waals surface area contributed by atoms with E-state index in [1.807, 2.05) is 47.9 Å². The monoisotopic (exact) mass is 480 g/mol. The Morgan fingerprint density at radius 2 is 2.18 bits per heavy atom. The Balaban J connectivity index is 1.41. The summed E-state index contributed by atoms with van der Waals surface area (Å²) in [6.07, 6.45) is 3.87. The van der Waals surface area contributed by atoms with Crippen molar-refractivity contribution in [2.24, 2.45) is 0 Å². The summed E-state index contributed by atoms with van der Waals surface area (Å²) in [4.78, 5) is 18.7. The lowest BCUT2D eigenvalue weighted by Gasteiger charge is -2.14. The van der Waals surface area contributed by atoms with Crippen LogP contribution in [0.1, 0.15) is 18.4 Å². The third-order valence-corrected chi connectivity index (χ3v) is 7.68. The first-order chi connectivity index (χ1) is 16.1. The van der Waals surface area contributed by atoms with Crippen LogP contribution < -0.4 is 11.1 Å². The molecule has 1 aliphatic heterocycles. The molecule has 1 saturated heterocycles. The van der Waals surface area contributed by atoms with E-state index in [1.54, 1.807) is 6.20 Å². The van der Waals surface area contributed by atoms with E-state index in [2.05, 4.69) is 20.5 Å². The molecular formula is C23H24N6O2S2. The zero-order valence-electron chi connectivity index (χ0n) is 18.2. The normalized spacial score (nSPS) is 15.8. The third-order valence-electron chi connectivity index (χ3n) is 5.59. The predicted molar refractivity (Wildman–Crippen MR) is 133 cm³/mol. The molecule has 3 N–H and O–H groups in total. The number of carbonyl (C=O) groups is 1. The fourth-order valence-electron chi connectivity index (χ4n) is 3.87. The Hall–Kier alpha value is -2.95. The second-order valence-electron chi connectivity index (χ2n) is 7.90. The number of para-hydroxylation sites is 1. The van der Waals surface area contributed by atoms with E-state index in [4.69, 9.17) is 10.5 Å². The molecule has 0 unspecified atom stereocenters. The molecule has 33 heavy (non-hydrogen) atoms. The van der Waals surface area contributed by atoms with Crippen LogP contribution in [-0.2, 0) is 16.1 Å². The average Bonchev–Trinajstić information content (AvgIpc) is 3.55. The van der Waals surface area contributed by atoms with Crippen molar-refractivity contribution in [3.05, 3.63) is 48.2 Å². The van der Waals surface area contributed by atoms with E-state index in [-0.39, 0.29) is 17.8 Å². The van der Waals surface area contributed by atoms with Crippen LogP contribution >= 0.6 is 23.1 Å². The summed E-state index contributed by atoms with van der Waals surface area (Å²) < 4.78 is 7.90. The topological polar surface area (TPSA) is 108 Å². The van der Waals surface area contributed by atoms with E-state index in [0.717, 1.165) is 45.8 Å². The number of carbonyl (C=O) groups excluding carboxylic acids is 1. The number of ether oxygens (including phenoxy) is 1. The summed E-state index contributed by atoms with van der Waals surface area (Å²) in [5.41, 5.74) is 8.95. The molecule has 8 nitrogen and oxygen atoms in total. The van der Waals surface area contributed by atoms with Gasteiger partial charge in [0.2, 0.25) is 5.91 Å². The summed E-state index contributed by atoms with van der Waals surface area (Å²) in [5.74, 6) is 0.822. The van der Waals surface area contributed by atoms with Crippen molar-refractivity contribution in [1.29, 1.82) is 0 Å². The van der Waals surface area contributed by atoms with Crippen LogP contribution in [-0.4, -0.2) is 44.1 Å². The first-order valence-corrected chi connectivity index (χ1v) is 12.6. The number of nitrogens with one attached hydrogen (secondary N) is 1. The Labute approximate surface area is 199 Å². The SMILES string of the molecule is Cc1ccccc1NC(=O)CSc1nnc(-c2sc3ncccc3c2N)n1C[C@H]1CCCO1. The number of benzene rings is 1. The van der Waals surface area contributed by atoms with Crippen molar-refractivity contribution in [3.63, 3.8) is 0 Å². The molecule has 170 valence electrons. The van der Waals surface area contributed by atoms with Gasteiger partial charge in [0.25, 0.3) is 0 Å². The van der Waals surface area contributed by atoms with Crippen LogP contribution in [0.15, 0.2) is 47.8 Å². The molecule has 1 aromatic carbocycles. The van der Waals surface area contributed by atoms with Crippen LogP contribution in [0.3, 0.4) is 0 Å². The van der Waals surface area contributed by atoms with E-state index in [1.165, 1.54) is 23.1 Å². The maximum atomic E-state index is 12.6. The highest BCUT2D eigenvalue weighted by molar-refractivity contribution is 7.99. The highest BCUT2D eigenvalue weighted by Gasteiger charge is 2.25. The number of hydrogen-bond donors (Lipinski definition) is 2. The standard InChI is InChI=1S/C23H24N6O2S2/c1-14-6-2-3-9-17(14)26-18(30)13-32-23-28-27-21(29(23)12-15-7-5-11-31-15)20-19(24)16-8-4-10-25-22(16)33-20/h2-4,6,8-10,15H,5,7,11-13,24H2,1H3,(H,26,30)/t15-/m1/s1. The molecule has 10 heteroatoms. The first-order valence-electron chi connectivity index (χ1n) is 10.8. The molecule has 0 aliphatic carbocycles. The molecule has 1 fully saturated rings. The number of pyridine rings is 1. The molecule has 0 spiro atoms. The molecule has 1 aliphatic rings. The largest absolute Gasteiger partial charge is 0.397 e. The molecule has 4 heterocycles. The smallest absolute Gasteiger partial charge is 0.234 e. The molecule has 1 atom stereocenters. The number of amides is 1. The van der Waals surface area contributed by atoms with Crippen molar-refractivity contribution in [2.75, 3.05) is 23.4 Å². The third kappa shape index (κ3) is 4.59. The molecule has 3 aromatic heterocycles. The lowest BCUT2D eigenvalue weighted by molar-refractivity contribution is -0.113. The minimum atomic E-state index is -0.0897. The second kappa shape index (κ2) is 9.50. The quantitative estimate of drug-likeness (QED) is 0.379. The maximum Gasteiger partial charge on any atom is 0.234 e. The Morgan fingerprint density at radius 3 is 2.97 bits per heavy atom. The lowest BCUT2D eigenvalue weighted by Crippen LogP contribution is -2.18.